The van der Waals surface area contributed by atoms with Crippen LogP contribution in [0, 0.1) is 5.92 Å². The number of carbonyl (C=O) groups is 3. The lowest BCUT2D eigenvalue weighted by Crippen LogP contribution is -2.46. The normalized spacial score (nSPS) is 20.0. The van der Waals surface area contributed by atoms with E-state index in [1.165, 1.54) is 13.8 Å². The maximum atomic E-state index is 12.7. The van der Waals surface area contributed by atoms with Gasteiger partial charge in [-0.05, 0) is 12.1 Å². The van der Waals surface area contributed by atoms with Gasteiger partial charge in [-0.25, -0.2) is 0 Å². The van der Waals surface area contributed by atoms with Crippen molar-refractivity contribution in [3.05, 3.63) is 23.8 Å². The van der Waals surface area contributed by atoms with Gasteiger partial charge in [-0.1, -0.05) is 13.0 Å². The number of amides is 3. The molecule has 0 bridgehead atoms. The molecule has 1 heterocycles. The van der Waals surface area contributed by atoms with Crippen LogP contribution in [0.4, 0.5) is 5.69 Å². The Hall–Kier alpha value is -2.57. The van der Waals surface area contributed by atoms with E-state index in [9.17, 15) is 14.4 Å². The van der Waals surface area contributed by atoms with E-state index in [-0.39, 0.29) is 29.7 Å². The second kappa shape index (κ2) is 7.55. The number of rotatable bonds is 3. The number of anilines is 1. The van der Waals surface area contributed by atoms with Crippen LogP contribution in [0.1, 0.15) is 31.1 Å². The van der Waals surface area contributed by atoms with Gasteiger partial charge in [-0.2, -0.15) is 0 Å². The number of ether oxygens (including phenoxy) is 1. The van der Waals surface area contributed by atoms with Crippen LogP contribution in [0.5, 0.6) is 5.75 Å². The number of para-hydroxylation sites is 1. The van der Waals surface area contributed by atoms with Gasteiger partial charge in [0.1, 0.15) is 6.10 Å². The van der Waals surface area contributed by atoms with Gasteiger partial charge in [-0.15, -0.1) is 0 Å². The van der Waals surface area contributed by atoms with E-state index >= 15 is 0 Å². The van der Waals surface area contributed by atoms with E-state index in [1.807, 2.05) is 6.92 Å². The number of nitrogens with zero attached hydrogens (tertiary/aromatic N) is 2. The summed E-state index contributed by atoms with van der Waals surface area (Å²) >= 11 is 0. The zero-order chi connectivity index (χ0) is 18.7. The molecule has 1 aromatic rings. The standard InChI is InChI=1S/C18H25N3O4/c1-11-9-21(5)18(24)14-7-6-8-15(19-12(2)22)17(14)25-16(11)10-20(4)13(3)23/h6-8,11,16H,9-10H2,1-5H3,(H,19,22)/t11-,16-/m0/s1. The average molecular weight is 347 g/mol. The van der Waals surface area contributed by atoms with Crippen molar-refractivity contribution in [2.45, 2.75) is 26.9 Å². The van der Waals surface area contributed by atoms with Crippen molar-refractivity contribution in [3.8, 4) is 5.75 Å². The number of carbonyl (C=O) groups excluding carboxylic acids is 3. The van der Waals surface area contributed by atoms with E-state index in [2.05, 4.69) is 5.32 Å². The van der Waals surface area contributed by atoms with Crippen molar-refractivity contribution < 1.29 is 19.1 Å². The van der Waals surface area contributed by atoms with Crippen LogP contribution < -0.4 is 10.1 Å². The Kier molecular flexibility index (Phi) is 5.66. The van der Waals surface area contributed by atoms with Crippen LogP contribution in [0.25, 0.3) is 0 Å². The molecule has 0 aromatic heterocycles. The van der Waals surface area contributed by atoms with Crippen LogP contribution >= 0.6 is 0 Å². The number of fused-ring (bicyclic) bond motifs is 1. The van der Waals surface area contributed by atoms with Gasteiger partial charge in [0.2, 0.25) is 11.8 Å². The van der Waals surface area contributed by atoms with Crippen LogP contribution in [0.3, 0.4) is 0 Å². The molecule has 0 saturated carbocycles. The second-order valence-corrected chi connectivity index (χ2v) is 6.58. The summed E-state index contributed by atoms with van der Waals surface area (Å²) in [6.07, 6.45) is -0.307. The lowest BCUT2D eigenvalue weighted by Gasteiger charge is -2.35. The van der Waals surface area contributed by atoms with Crippen molar-refractivity contribution in [2.75, 3.05) is 32.5 Å². The molecule has 2 atom stereocenters. The van der Waals surface area contributed by atoms with Gasteiger partial charge in [-0.3, -0.25) is 14.4 Å². The smallest absolute Gasteiger partial charge is 0.257 e. The first kappa shape index (κ1) is 18.8. The molecule has 0 spiro atoms. The fourth-order valence-corrected chi connectivity index (χ4v) is 2.84. The molecule has 1 aliphatic rings. The lowest BCUT2D eigenvalue weighted by molar-refractivity contribution is -0.129. The molecule has 1 aromatic carbocycles. The lowest BCUT2D eigenvalue weighted by atomic mass is 10.0. The molecule has 3 amide bonds. The molecule has 0 saturated heterocycles. The largest absolute Gasteiger partial charge is 0.485 e. The summed E-state index contributed by atoms with van der Waals surface area (Å²) in [4.78, 5) is 39.0. The van der Waals surface area contributed by atoms with Gasteiger partial charge < -0.3 is 19.9 Å². The first-order valence-electron chi connectivity index (χ1n) is 8.25. The molecule has 2 rings (SSSR count). The van der Waals surface area contributed by atoms with Crippen LogP contribution in [0.15, 0.2) is 18.2 Å². The third-order valence-electron chi connectivity index (χ3n) is 4.36. The van der Waals surface area contributed by atoms with Gasteiger partial charge in [0.05, 0.1) is 17.8 Å². The van der Waals surface area contributed by atoms with Crippen molar-refractivity contribution in [1.29, 1.82) is 0 Å². The molecule has 7 nitrogen and oxygen atoms in total. The summed E-state index contributed by atoms with van der Waals surface area (Å²) < 4.78 is 6.16. The summed E-state index contributed by atoms with van der Waals surface area (Å²) in [6.45, 7) is 5.79. The zero-order valence-corrected chi connectivity index (χ0v) is 15.3. The fourth-order valence-electron chi connectivity index (χ4n) is 2.84. The van der Waals surface area contributed by atoms with Gasteiger partial charge in [0.15, 0.2) is 5.75 Å². The van der Waals surface area contributed by atoms with E-state index < -0.39 is 0 Å². The third kappa shape index (κ3) is 4.29. The first-order chi connectivity index (χ1) is 11.7. The molecule has 25 heavy (non-hydrogen) atoms. The number of likely N-dealkylation sites (N-methyl/N-ethyl adjacent to an activating group) is 1. The van der Waals surface area contributed by atoms with Crippen molar-refractivity contribution in [1.82, 2.24) is 9.80 Å². The van der Waals surface area contributed by atoms with Gasteiger partial charge >= 0.3 is 0 Å². The van der Waals surface area contributed by atoms with E-state index in [1.54, 1.807) is 42.1 Å². The van der Waals surface area contributed by atoms with Crippen LogP contribution in [0.2, 0.25) is 0 Å². The maximum Gasteiger partial charge on any atom is 0.257 e. The molecule has 0 aliphatic carbocycles. The molecule has 0 radical (unpaired) electrons. The molecule has 0 fully saturated rings. The minimum Gasteiger partial charge on any atom is -0.485 e. The van der Waals surface area contributed by atoms with Crippen LogP contribution in [-0.4, -0.2) is 60.8 Å². The van der Waals surface area contributed by atoms with Crippen molar-refractivity contribution in [3.63, 3.8) is 0 Å². The molecule has 0 unspecified atom stereocenters. The molecule has 7 heteroatoms. The molecular weight excluding hydrogens is 322 g/mol. The van der Waals surface area contributed by atoms with Crippen molar-refractivity contribution in [2.24, 2.45) is 5.92 Å². The molecule has 136 valence electrons. The van der Waals surface area contributed by atoms with E-state index in [0.29, 0.717) is 30.1 Å². The number of nitrogens with one attached hydrogen (secondary N) is 1. The molecular formula is C18H25N3O4. The Labute approximate surface area is 147 Å². The van der Waals surface area contributed by atoms with Crippen LogP contribution in [-0.2, 0) is 9.59 Å². The van der Waals surface area contributed by atoms with E-state index in [0.717, 1.165) is 0 Å². The highest BCUT2D eigenvalue weighted by Crippen LogP contribution is 2.34. The highest BCUT2D eigenvalue weighted by Gasteiger charge is 2.31. The highest BCUT2D eigenvalue weighted by atomic mass is 16.5. The summed E-state index contributed by atoms with van der Waals surface area (Å²) in [7, 11) is 3.46. The predicted octanol–water partition coefficient (Wildman–Crippen LogP) is 1.59. The Bertz CT molecular complexity index is 689. The van der Waals surface area contributed by atoms with Gasteiger partial charge in [0, 0.05) is 40.4 Å². The average Bonchev–Trinajstić information content (AvgIpc) is 2.53. The summed E-state index contributed by atoms with van der Waals surface area (Å²) in [5.41, 5.74) is 0.854. The fraction of sp³-hybridized carbons (Fsp3) is 0.500. The van der Waals surface area contributed by atoms with Crippen molar-refractivity contribution >= 4 is 23.4 Å². The minimum absolute atomic E-state index is 0.00860. The highest BCUT2D eigenvalue weighted by molar-refractivity contribution is 6.01. The number of hydrogen-bond donors (Lipinski definition) is 1. The summed E-state index contributed by atoms with van der Waals surface area (Å²) in [5.74, 6) is -0.104. The van der Waals surface area contributed by atoms with Gasteiger partial charge in [0.25, 0.3) is 5.91 Å². The summed E-state index contributed by atoms with van der Waals surface area (Å²) in [5, 5.41) is 2.71. The number of hydrogen-bond acceptors (Lipinski definition) is 4. The number of benzene rings is 1. The maximum absolute atomic E-state index is 12.7. The Morgan fingerprint density at radius 1 is 1.36 bits per heavy atom. The SMILES string of the molecule is CC(=O)Nc1cccc2c1O[C@@H](CN(C)C(C)=O)[C@@H](C)CN(C)C2=O. The third-order valence-corrected chi connectivity index (χ3v) is 4.36. The summed E-state index contributed by atoms with van der Waals surface area (Å²) in [6, 6.07) is 5.09. The topological polar surface area (TPSA) is 79.0 Å². The monoisotopic (exact) mass is 347 g/mol. The predicted molar refractivity (Wildman–Crippen MR) is 94.6 cm³/mol. The van der Waals surface area contributed by atoms with E-state index in [4.69, 9.17) is 4.74 Å². The Balaban J connectivity index is 2.46. The Morgan fingerprint density at radius 3 is 2.64 bits per heavy atom. The Morgan fingerprint density at radius 2 is 2.04 bits per heavy atom. The minimum atomic E-state index is -0.307. The molecule has 1 N–H and O–H groups in total. The quantitative estimate of drug-likeness (QED) is 0.901. The molecule has 1 aliphatic heterocycles. The zero-order valence-electron chi connectivity index (χ0n) is 15.3. The first-order valence-corrected chi connectivity index (χ1v) is 8.25. The second-order valence-electron chi connectivity index (χ2n) is 6.58.